The van der Waals surface area contributed by atoms with E-state index in [-0.39, 0.29) is 12.5 Å². The summed E-state index contributed by atoms with van der Waals surface area (Å²) >= 11 is 5.05. The van der Waals surface area contributed by atoms with Crippen LogP contribution in [0, 0.1) is 0 Å². The summed E-state index contributed by atoms with van der Waals surface area (Å²) in [5, 5.41) is 0. The Morgan fingerprint density at radius 2 is 2.43 bits per heavy atom. The molecule has 3 nitrogen and oxygen atoms in total. The van der Waals surface area contributed by atoms with Crippen molar-refractivity contribution in [2.45, 2.75) is 0 Å². The topological polar surface area (TPSA) is 49.4 Å². The molecular formula is C2H4ClO3P. The molecule has 0 aromatic carbocycles. The van der Waals surface area contributed by atoms with E-state index in [4.69, 9.17) is 11.6 Å². The standard InChI is InChI=1S/C2H4ClO3P/c3-1-2-6-7(4)5/h1-2H2. The lowest BCUT2D eigenvalue weighted by atomic mass is 10.9. The minimum Gasteiger partial charge on any atom is -0.566 e. The average Bonchev–Trinajstić information content (AvgIpc) is 1.61. The minimum atomic E-state index is -2.69. The summed E-state index contributed by atoms with van der Waals surface area (Å²) in [6.45, 7) is 0.0697. The first kappa shape index (κ1) is 7.31. The van der Waals surface area contributed by atoms with Gasteiger partial charge in [-0.2, -0.15) is 0 Å². The van der Waals surface area contributed by atoms with Crippen molar-refractivity contribution >= 4 is 19.9 Å². The van der Waals surface area contributed by atoms with Gasteiger partial charge >= 0.3 is 8.25 Å². The Hall–Kier alpha value is 0.310. The molecule has 0 heterocycles. The summed E-state index contributed by atoms with van der Waals surface area (Å²) in [4.78, 5) is 9.51. The third kappa shape index (κ3) is 6.31. The van der Waals surface area contributed by atoms with Crippen LogP contribution >= 0.6 is 19.9 Å². The zero-order valence-corrected chi connectivity index (χ0v) is 5.11. The third-order valence-corrected chi connectivity index (χ3v) is 0.822. The molecule has 0 spiro atoms. The molecule has 0 fully saturated rings. The molecule has 1 atom stereocenters. The Labute approximate surface area is 47.2 Å². The predicted molar refractivity (Wildman–Crippen MR) is 24.3 cm³/mol. The molecule has 0 rings (SSSR count). The monoisotopic (exact) mass is 142 g/mol. The highest BCUT2D eigenvalue weighted by Crippen LogP contribution is 2.06. The first-order chi connectivity index (χ1) is 3.27. The SMILES string of the molecule is O=[P+]([O-])OCCCl. The average molecular weight is 142 g/mol. The normalized spacial score (nSPS) is 11.4. The van der Waals surface area contributed by atoms with Gasteiger partial charge in [0.15, 0.2) is 0 Å². The van der Waals surface area contributed by atoms with Gasteiger partial charge in [-0.15, -0.1) is 16.1 Å². The second kappa shape index (κ2) is 4.47. The Morgan fingerprint density at radius 1 is 1.86 bits per heavy atom. The van der Waals surface area contributed by atoms with E-state index in [2.05, 4.69) is 4.52 Å². The molecule has 0 bridgehead atoms. The van der Waals surface area contributed by atoms with Crippen LogP contribution in [0.4, 0.5) is 0 Å². The molecule has 0 radical (unpaired) electrons. The lowest BCUT2D eigenvalue weighted by molar-refractivity contribution is -0.185. The molecule has 0 aromatic rings. The van der Waals surface area contributed by atoms with E-state index < -0.39 is 8.25 Å². The number of halogens is 1. The van der Waals surface area contributed by atoms with Crippen LogP contribution in [0.3, 0.4) is 0 Å². The number of alkyl halides is 1. The first-order valence-electron chi connectivity index (χ1n) is 1.60. The van der Waals surface area contributed by atoms with E-state index in [1.165, 1.54) is 0 Å². The molecule has 0 saturated carbocycles. The van der Waals surface area contributed by atoms with Crippen LogP contribution in [0.2, 0.25) is 0 Å². The van der Waals surface area contributed by atoms with Crippen molar-refractivity contribution in [3.8, 4) is 0 Å². The van der Waals surface area contributed by atoms with Crippen molar-refractivity contribution in [3.63, 3.8) is 0 Å². The lowest BCUT2D eigenvalue weighted by Crippen LogP contribution is -1.93. The number of rotatable bonds is 3. The first-order valence-corrected chi connectivity index (χ1v) is 3.23. The van der Waals surface area contributed by atoms with E-state index in [9.17, 15) is 9.46 Å². The quantitative estimate of drug-likeness (QED) is 0.420. The van der Waals surface area contributed by atoms with Crippen LogP contribution in [0.1, 0.15) is 0 Å². The van der Waals surface area contributed by atoms with Gasteiger partial charge in [-0.05, 0) is 4.57 Å². The van der Waals surface area contributed by atoms with Crippen LogP contribution in [0.5, 0.6) is 0 Å². The molecule has 42 valence electrons. The van der Waals surface area contributed by atoms with Crippen molar-refractivity contribution in [2.75, 3.05) is 12.5 Å². The van der Waals surface area contributed by atoms with Gasteiger partial charge in [0.1, 0.15) is 6.61 Å². The molecule has 0 aliphatic heterocycles. The van der Waals surface area contributed by atoms with Crippen molar-refractivity contribution in [1.82, 2.24) is 0 Å². The van der Waals surface area contributed by atoms with Gasteiger partial charge in [0.2, 0.25) is 0 Å². The molecule has 0 N–H and O–H groups in total. The molecule has 0 aromatic heterocycles. The fourth-order valence-electron chi connectivity index (χ4n) is 0.109. The number of hydrogen-bond donors (Lipinski definition) is 0. The predicted octanol–water partition coefficient (Wildman–Crippen LogP) is 0.259. The van der Waals surface area contributed by atoms with Gasteiger partial charge in [-0.1, -0.05) is 0 Å². The summed E-state index contributed by atoms with van der Waals surface area (Å²) in [5.41, 5.74) is 0. The molecule has 0 aliphatic carbocycles. The van der Waals surface area contributed by atoms with E-state index in [0.29, 0.717) is 0 Å². The van der Waals surface area contributed by atoms with Crippen LogP contribution in [0.15, 0.2) is 0 Å². The summed E-state index contributed by atoms with van der Waals surface area (Å²) in [6, 6.07) is 0. The maximum atomic E-state index is 9.51. The Balaban J connectivity index is 2.82. The summed E-state index contributed by atoms with van der Waals surface area (Å²) in [7, 11) is -2.69. The van der Waals surface area contributed by atoms with Crippen LogP contribution in [-0.4, -0.2) is 12.5 Å². The Bertz CT molecular complexity index is 66.0. The highest BCUT2D eigenvalue weighted by Gasteiger charge is 1.96. The maximum Gasteiger partial charge on any atom is 0.488 e. The maximum absolute atomic E-state index is 9.51. The second-order valence-electron chi connectivity index (χ2n) is 0.746. The minimum absolute atomic E-state index is 0.0697. The molecule has 0 amide bonds. The number of hydrogen-bond acceptors (Lipinski definition) is 3. The lowest BCUT2D eigenvalue weighted by Gasteiger charge is -1.82. The van der Waals surface area contributed by atoms with Gasteiger partial charge in [-0.25, -0.2) is 0 Å². The van der Waals surface area contributed by atoms with Crippen molar-refractivity contribution in [3.05, 3.63) is 0 Å². The molecule has 1 unspecified atom stereocenters. The Morgan fingerprint density at radius 3 is 2.57 bits per heavy atom. The van der Waals surface area contributed by atoms with Crippen molar-refractivity contribution in [1.29, 1.82) is 0 Å². The van der Waals surface area contributed by atoms with Gasteiger partial charge in [0.05, 0.1) is 5.88 Å². The Kier molecular flexibility index (Phi) is 4.67. The molecule has 0 aliphatic rings. The zero-order chi connectivity index (χ0) is 5.70. The van der Waals surface area contributed by atoms with Crippen LogP contribution in [-0.2, 0) is 9.09 Å². The zero-order valence-electron chi connectivity index (χ0n) is 3.46. The fourth-order valence-corrected chi connectivity index (χ4v) is 0.534. The summed E-state index contributed by atoms with van der Waals surface area (Å²) < 4.78 is 13.5. The molecule has 5 heteroatoms. The van der Waals surface area contributed by atoms with E-state index in [1.54, 1.807) is 0 Å². The molecule has 0 saturated heterocycles. The third-order valence-electron chi connectivity index (χ3n) is 0.274. The van der Waals surface area contributed by atoms with E-state index >= 15 is 0 Å². The van der Waals surface area contributed by atoms with Gasteiger partial charge in [0.25, 0.3) is 0 Å². The molecular weight excluding hydrogens is 138 g/mol. The molecule has 7 heavy (non-hydrogen) atoms. The van der Waals surface area contributed by atoms with Crippen LogP contribution < -0.4 is 4.89 Å². The highest BCUT2D eigenvalue weighted by atomic mass is 35.5. The second-order valence-corrected chi connectivity index (χ2v) is 1.83. The highest BCUT2D eigenvalue weighted by molar-refractivity contribution is 7.30. The smallest absolute Gasteiger partial charge is 0.488 e. The summed E-state index contributed by atoms with van der Waals surface area (Å²) in [5.74, 6) is 0.212. The van der Waals surface area contributed by atoms with E-state index in [0.717, 1.165) is 0 Å². The van der Waals surface area contributed by atoms with Gasteiger partial charge in [-0.3, -0.25) is 0 Å². The van der Waals surface area contributed by atoms with Gasteiger partial charge in [0, 0.05) is 0 Å². The van der Waals surface area contributed by atoms with E-state index in [1.807, 2.05) is 0 Å². The summed E-state index contributed by atoms with van der Waals surface area (Å²) in [6.07, 6.45) is 0. The van der Waals surface area contributed by atoms with Crippen molar-refractivity contribution in [2.24, 2.45) is 0 Å². The fraction of sp³-hybridized carbons (Fsp3) is 1.00. The van der Waals surface area contributed by atoms with Crippen LogP contribution in [0.25, 0.3) is 0 Å². The largest absolute Gasteiger partial charge is 0.566 e. The van der Waals surface area contributed by atoms with Gasteiger partial charge < -0.3 is 4.89 Å². The van der Waals surface area contributed by atoms with Crippen molar-refractivity contribution < 1.29 is 14.0 Å².